The van der Waals surface area contributed by atoms with Crippen LogP contribution in [0.1, 0.15) is 38.8 Å². The number of carbonyl (C=O) groups is 1. The molecule has 2 aromatic carbocycles. The molecule has 0 spiro atoms. The maximum atomic E-state index is 12.8. The van der Waals surface area contributed by atoms with E-state index in [1.165, 1.54) is 0 Å². The first-order valence-electron chi connectivity index (χ1n) is 11.4. The molecule has 2 aromatic heterocycles. The quantitative estimate of drug-likeness (QED) is 0.364. The Hall–Kier alpha value is -3.67. The van der Waals surface area contributed by atoms with Crippen molar-refractivity contribution in [1.29, 1.82) is 0 Å². The third-order valence-electron chi connectivity index (χ3n) is 5.50. The molecular weight excluding hydrogens is 412 g/mol. The summed E-state index contributed by atoms with van der Waals surface area (Å²) in [5.74, 6) is 2.41. The van der Waals surface area contributed by atoms with E-state index in [1.54, 1.807) is 6.26 Å². The lowest BCUT2D eigenvalue weighted by Crippen LogP contribution is -2.34. The summed E-state index contributed by atoms with van der Waals surface area (Å²) in [6, 6.07) is 21.6. The smallest absolute Gasteiger partial charge is 0.222 e. The summed E-state index contributed by atoms with van der Waals surface area (Å²) in [6.45, 7) is 7.68. The van der Waals surface area contributed by atoms with E-state index < -0.39 is 0 Å². The van der Waals surface area contributed by atoms with Crippen LogP contribution in [0.15, 0.2) is 77.4 Å². The van der Waals surface area contributed by atoms with Crippen molar-refractivity contribution in [3.8, 4) is 11.6 Å². The second-order valence-corrected chi connectivity index (χ2v) is 8.66. The van der Waals surface area contributed by atoms with Crippen molar-refractivity contribution < 1.29 is 9.21 Å². The van der Waals surface area contributed by atoms with E-state index >= 15 is 0 Å². The Labute approximate surface area is 194 Å². The number of nitrogens with zero attached hydrogens (tertiary/aromatic N) is 3. The number of hydrogen-bond acceptors (Lipinski definition) is 5. The zero-order valence-electron chi connectivity index (χ0n) is 19.4. The molecule has 4 rings (SSSR count). The molecule has 1 unspecified atom stereocenters. The summed E-state index contributed by atoms with van der Waals surface area (Å²) >= 11 is 0. The summed E-state index contributed by atoms with van der Waals surface area (Å²) in [5.41, 5.74) is 1.94. The van der Waals surface area contributed by atoms with Crippen LogP contribution in [0.3, 0.4) is 0 Å². The lowest BCUT2D eigenvalue weighted by atomic mass is 10.1. The Morgan fingerprint density at radius 3 is 2.45 bits per heavy atom. The Morgan fingerprint density at radius 1 is 0.970 bits per heavy atom. The van der Waals surface area contributed by atoms with E-state index in [0.29, 0.717) is 30.5 Å². The SMILES string of the molecule is CC(C)CN(CCC(=O)NC(C)c1ccccc1)c1nc(-c2ccco2)nc2ccccc12. The summed E-state index contributed by atoms with van der Waals surface area (Å²) in [6.07, 6.45) is 2.00. The molecule has 0 aliphatic carbocycles. The van der Waals surface area contributed by atoms with Crippen molar-refractivity contribution in [3.63, 3.8) is 0 Å². The first-order chi connectivity index (χ1) is 16.0. The number of amides is 1. The monoisotopic (exact) mass is 442 g/mol. The minimum Gasteiger partial charge on any atom is -0.461 e. The zero-order chi connectivity index (χ0) is 23.2. The highest BCUT2D eigenvalue weighted by atomic mass is 16.3. The number of carbonyl (C=O) groups excluding carboxylic acids is 1. The van der Waals surface area contributed by atoms with Gasteiger partial charge in [0.05, 0.1) is 17.8 Å². The number of aromatic nitrogens is 2. The second-order valence-electron chi connectivity index (χ2n) is 8.66. The molecule has 0 aliphatic heterocycles. The van der Waals surface area contributed by atoms with Crippen molar-refractivity contribution in [1.82, 2.24) is 15.3 Å². The number of rotatable bonds is 9. The number of benzene rings is 2. The predicted molar refractivity (Wildman–Crippen MR) is 132 cm³/mol. The highest BCUT2D eigenvalue weighted by Gasteiger charge is 2.19. The van der Waals surface area contributed by atoms with Crippen molar-refractivity contribution in [2.45, 2.75) is 33.2 Å². The minimum absolute atomic E-state index is 0.0183. The molecule has 6 heteroatoms. The molecule has 6 nitrogen and oxygen atoms in total. The molecule has 2 heterocycles. The molecule has 0 saturated heterocycles. The van der Waals surface area contributed by atoms with Crippen LogP contribution in [0.5, 0.6) is 0 Å². The normalized spacial score (nSPS) is 12.1. The lowest BCUT2D eigenvalue weighted by molar-refractivity contribution is -0.121. The van der Waals surface area contributed by atoms with Crippen LogP contribution in [0.25, 0.3) is 22.5 Å². The largest absolute Gasteiger partial charge is 0.461 e. The molecule has 0 aliphatic rings. The Bertz CT molecular complexity index is 1190. The number of para-hydroxylation sites is 1. The zero-order valence-corrected chi connectivity index (χ0v) is 19.4. The van der Waals surface area contributed by atoms with Gasteiger partial charge in [0.1, 0.15) is 5.82 Å². The number of hydrogen-bond donors (Lipinski definition) is 1. The van der Waals surface area contributed by atoms with E-state index in [1.807, 2.05) is 73.7 Å². The maximum Gasteiger partial charge on any atom is 0.222 e. The third-order valence-corrected chi connectivity index (χ3v) is 5.50. The van der Waals surface area contributed by atoms with Gasteiger partial charge < -0.3 is 14.6 Å². The fourth-order valence-electron chi connectivity index (χ4n) is 3.92. The molecule has 170 valence electrons. The molecule has 1 N–H and O–H groups in total. The van der Waals surface area contributed by atoms with Gasteiger partial charge in [0.15, 0.2) is 11.6 Å². The third kappa shape index (κ3) is 5.58. The summed E-state index contributed by atoms with van der Waals surface area (Å²) in [5, 5.41) is 4.08. The van der Waals surface area contributed by atoms with E-state index in [4.69, 9.17) is 14.4 Å². The van der Waals surface area contributed by atoms with E-state index in [2.05, 4.69) is 24.1 Å². The van der Waals surface area contributed by atoms with Gasteiger partial charge >= 0.3 is 0 Å². The highest BCUT2D eigenvalue weighted by molar-refractivity contribution is 5.91. The van der Waals surface area contributed by atoms with Crippen molar-refractivity contribution in [2.24, 2.45) is 5.92 Å². The maximum absolute atomic E-state index is 12.8. The van der Waals surface area contributed by atoms with Gasteiger partial charge in [-0.25, -0.2) is 9.97 Å². The Kier molecular flexibility index (Phi) is 7.03. The average molecular weight is 443 g/mol. The van der Waals surface area contributed by atoms with Crippen LogP contribution < -0.4 is 10.2 Å². The van der Waals surface area contributed by atoms with Crippen LogP contribution in [-0.2, 0) is 4.79 Å². The van der Waals surface area contributed by atoms with Crippen molar-refractivity contribution >= 4 is 22.6 Å². The van der Waals surface area contributed by atoms with Gasteiger partial charge in [-0.15, -0.1) is 0 Å². The van der Waals surface area contributed by atoms with Crippen LogP contribution in [-0.4, -0.2) is 29.0 Å². The minimum atomic E-state index is -0.0392. The number of anilines is 1. The first-order valence-corrected chi connectivity index (χ1v) is 11.4. The molecule has 1 amide bonds. The van der Waals surface area contributed by atoms with E-state index in [-0.39, 0.29) is 11.9 Å². The predicted octanol–water partition coefficient (Wildman–Crippen LogP) is 5.62. The van der Waals surface area contributed by atoms with Crippen molar-refractivity contribution in [3.05, 3.63) is 78.6 Å². The van der Waals surface area contributed by atoms with E-state index in [9.17, 15) is 4.79 Å². The van der Waals surface area contributed by atoms with Crippen molar-refractivity contribution in [2.75, 3.05) is 18.0 Å². The summed E-state index contributed by atoms with van der Waals surface area (Å²) in [7, 11) is 0. The topological polar surface area (TPSA) is 71.3 Å². The summed E-state index contributed by atoms with van der Waals surface area (Å²) < 4.78 is 5.56. The molecule has 33 heavy (non-hydrogen) atoms. The van der Waals surface area contributed by atoms with Gasteiger partial charge in [-0.2, -0.15) is 0 Å². The Morgan fingerprint density at radius 2 is 1.73 bits per heavy atom. The molecule has 0 radical (unpaired) electrons. The Balaban J connectivity index is 1.58. The van der Waals surface area contributed by atoms with Gasteiger partial charge in [0.25, 0.3) is 0 Å². The first kappa shape index (κ1) is 22.5. The van der Waals surface area contributed by atoms with E-state index in [0.717, 1.165) is 28.8 Å². The number of furan rings is 1. The van der Waals surface area contributed by atoms with Gasteiger partial charge in [-0.1, -0.05) is 56.3 Å². The van der Waals surface area contributed by atoms with Gasteiger partial charge in [-0.3, -0.25) is 4.79 Å². The number of fused-ring (bicyclic) bond motifs is 1. The molecule has 1 atom stereocenters. The fraction of sp³-hybridized carbons (Fsp3) is 0.296. The van der Waals surface area contributed by atoms with Gasteiger partial charge in [0, 0.05) is 24.9 Å². The number of nitrogens with one attached hydrogen (secondary N) is 1. The van der Waals surface area contributed by atoms with Gasteiger partial charge in [0.2, 0.25) is 5.91 Å². The second kappa shape index (κ2) is 10.3. The molecule has 0 bridgehead atoms. The standard InChI is InChI=1S/C27H30N4O2/c1-19(2)18-31(16-15-25(32)28-20(3)21-10-5-4-6-11-21)27-22-12-7-8-13-23(22)29-26(30-27)24-14-9-17-33-24/h4-14,17,19-20H,15-16,18H2,1-3H3,(H,28,32). The molecular formula is C27H30N4O2. The molecule has 0 saturated carbocycles. The fourth-order valence-corrected chi connectivity index (χ4v) is 3.92. The van der Waals surface area contributed by atoms with Gasteiger partial charge in [-0.05, 0) is 42.7 Å². The van der Waals surface area contributed by atoms with Crippen LogP contribution in [0, 0.1) is 5.92 Å². The molecule has 0 fully saturated rings. The average Bonchev–Trinajstić information content (AvgIpc) is 3.36. The highest BCUT2D eigenvalue weighted by Crippen LogP contribution is 2.28. The lowest BCUT2D eigenvalue weighted by Gasteiger charge is -2.27. The van der Waals surface area contributed by atoms with Crippen LogP contribution in [0.2, 0.25) is 0 Å². The summed E-state index contributed by atoms with van der Waals surface area (Å²) in [4.78, 5) is 24.5. The molecule has 4 aromatic rings. The van der Waals surface area contributed by atoms with Crippen LogP contribution in [0.4, 0.5) is 5.82 Å². The van der Waals surface area contributed by atoms with Crippen LogP contribution >= 0.6 is 0 Å².